The molecular weight excluding hydrogens is 230 g/mol. The summed E-state index contributed by atoms with van der Waals surface area (Å²) in [6.45, 7) is 5.33. The number of nitrogens with one attached hydrogen (secondary N) is 1. The summed E-state index contributed by atoms with van der Waals surface area (Å²) in [7, 11) is 1.88. The van der Waals surface area contributed by atoms with E-state index in [1.807, 2.05) is 11.9 Å². The van der Waals surface area contributed by atoms with Crippen LogP contribution in [0.25, 0.3) is 0 Å². The molecule has 18 heavy (non-hydrogen) atoms. The highest BCUT2D eigenvalue weighted by molar-refractivity contribution is 5.78. The van der Waals surface area contributed by atoms with Gasteiger partial charge in [-0.2, -0.15) is 0 Å². The molecule has 0 bridgehead atoms. The molecule has 5 nitrogen and oxygen atoms in total. The van der Waals surface area contributed by atoms with Crippen molar-refractivity contribution in [2.75, 3.05) is 46.3 Å². The van der Waals surface area contributed by atoms with Gasteiger partial charge in [0.2, 0.25) is 5.91 Å². The van der Waals surface area contributed by atoms with Gasteiger partial charge in [0, 0.05) is 26.7 Å². The number of rotatable bonds is 4. The van der Waals surface area contributed by atoms with Crippen LogP contribution in [-0.2, 0) is 4.79 Å². The average molecular weight is 255 g/mol. The number of likely N-dealkylation sites (N-methyl/N-ethyl adjacent to an activating group) is 1. The maximum absolute atomic E-state index is 12.1. The highest BCUT2D eigenvalue weighted by Gasteiger charge is 2.29. The molecule has 1 saturated heterocycles. The Bertz CT molecular complexity index is 271. The minimum atomic E-state index is -0.129. The second kappa shape index (κ2) is 6.50. The number of carbonyl (C=O) groups is 1. The Balaban J connectivity index is 1.69. The lowest BCUT2D eigenvalue weighted by atomic mass is 9.82. The first-order valence-corrected chi connectivity index (χ1v) is 7.00. The van der Waals surface area contributed by atoms with Crippen molar-refractivity contribution in [3.05, 3.63) is 0 Å². The number of amides is 1. The summed E-state index contributed by atoms with van der Waals surface area (Å²) < 4.78 is 0. The minimum absolute atomic E-state index is 0.129. The standard InChI is InChI=1S/C13H25N3O2/c1-15(9-11-7-12(17)8-11)13(18)10-16-5-2-3-14-4-6-16/h11-12,14,17H,2-10H2,1H3. The smallest absolute Gasteiger partial charge is 0.236 e. The first kappa shape index (κ1) is 13.8. The third-order valence-corrected chi connectivity index (χ3v) is 3.96. The molecule has 104 valence electrons. The van der Waals surface area contributed by atoms with Crippen molar-refractivity contribution in [1.29, 1.82) is 0 Å². The molecule has 1 heterocycles. The number of aliphatic hydroxyl groups excluding tert-OH is 1. The van der Waals surface area contributed by atoms with Crippen LogP contribution in [0.5, 0.6) is 0 Å². The third-order valence-electron chi connectivity index (χ3n) is 3.96. The van der Waals surface area contributed by atoms with Gasteiger partial charge in [-0.05, 0) is 38.3 Å². The van der Waals surface area contributed by atoms with Crippen LogP contribution in [0.2, 0.25) is 0 Å². The summed E-state index contributed by atoms with van der Waals surface area (Å²) in [6, 6.07) is 0. The van der Waals surface area contributed by atoms with Crippen molar-refractivity contribution in [3.63, 3.8) is 0 Å². The first-order chi connectivity index (χ1) is 8.65. The van der Waals surface area contributed by atoms with E-state index in [2.05, 4.69) is 10.2 Å². The number of hydrogen-bond acceptors (Lipinski definition) is 4. The van der Waals surface area contributed by atoms with Gasteiger partial charge in [0.05, 0.1) is 12.6 Å². The van der Waals surface area contributed by atoms with E-state index in [9.17, 15) is 9.90 Å². The van der Waals surface area contributed by atoms with Crippen LogP contribution >= 0.6 is 0 Å². The SMILES string of the molecule is CN(CC1CC(O)C1)C(=O)CN1CCCNCC1. The van der Waals surface area contributed by atoms with E-state index >= 15 is 0 Å². The fraction of sp³-hybridized carbons (Fsp3) is 0.923. The maximum Gasteiger partial charge on any atom is 0.236 e. The van der Waals surface area contributed by atoms with Gasteiger partial charge in [0.1, 0.15) is 0 Å². The van der Waals surface area contributed by atoms with Crippen molar-refractivity contribution in [3.8, 4) is 0 Å². The summed E-state index contributed by atoms with van der Waals surface area (Å²) in [5.74, 6) is 0.707. The molecule has 1 aliphatic heterocycles. The van der Waals surface area contributed by atoms with Crippen molar-refractivity contribution in [1.82, 2.24) is 15.1 Å². The van der Waals surface area contributed by atoms with E-state index in [1.165, 1.54) is 0 Å². The second-order valence-corrected chi connectivity index (χ2v) is 5.65. The lowest BCUT2D eigenvalue weighted by Gasteiger charge is -2.35. The highest BCUT2D eigenvalue weighted by Crippen LogP contribution is 2.27. The maximum atomic E-state index is 12.1. The Morgan fingerprint density at radius 2 is 2.17 bits per heavy atom. The van der Waals surface area contributed by atoms with Gasteiger partial charge in [-0.3, -0.25) is 9.69 Å². The third kappa shape index (κ3) is 3.93. The highest BCUT2D eigenvalue weighted by atomic mass is 16.3. The van der Waals surface area contributed by atoms with Gasteiger partial charge >= 0.3 is 0 Å². The molecule has 5 heteroatoms. The summed E-state index contributed by atoms with van der Waals surface area (Å²) >= 11 is 0. The molecular formula is C13H25N3O2. The molecule has 0 aromatic heterocycles. The van der Waals surface area contributed by atoms with Crippen LogP contribution in [0.3, 0.4) is 0 Å². The largest absolute Gasteiger partial charge is 0.393 e. The Morgan fingerprint density at radius 3 is 2.89 bits per heavy atom. The van der Waals surface area contributed by atoms with Gasteiger partial charge < -0.3 is 15.3 Å². The van der Waals surface area contributed by atoms with Crippen molar-refractivity contribution >= 4 is 5.91 Å². The minimum Gasteiger partial charge on any atom is -0.393 e. The molecule has 2 aliphatic rings. The molecule has 1 amide bonds. The number of carbonyl (C=O) groups excluding carboxylic acids is 1. The normalized spacial score (nSPS) is 29.4. The Morgan fingerprint density at radius 1 is 1.39 bits per heavy atom. The molecule has 2 N–H and O–H groups in total. The molecule has 0 spiro atoms. The quantitative estimate of drug-likeness (QED) is 0.712. The molecule has 0 aromatic carbocycles. The van der Waals surface area contributed by atoms with E-state index in [0.717, 1.165) is 52.0 Å². The van der Waals surface area contributed by atoms with E-state index in [-0.39, 0.29) is 12.0 Å². The molecule has 2 rings (SSSR count). The number of aliphatic hydroxyl groups is 1. The van der Waals surface area contributed by atoms with Gasteiger partial charge in [0.15, 0.2) is 0 Å². The molecule has 2 fully saturated rings. The van der Waals surface area contributed by atoms with Crippen LogP contribution < -0.4 is 5.32 Å². The lowest BCUT2D eigenvalue weighted by Crippen LogP contribution is -2.44. The molecule has 0 aromatic rings. The zero-order valence-electron chi connectivity index (χ0n) is 11.3. The van der Waals surface area contributed by atoms with Gasteiger partial charge in [0.25, 0.3) is 0 Å². The van der Waals surface area contributed by atoms with Crippen molar-refractivity contribution in [2.45, 2.75) is 25.4 Å². The predicted molar refractivity (Wildman–Crippen MR) is 70.3 cm³/mol. The lowest BCUT2D eigenvalue weighted by molar-refractivity contribution is -0.132. The van der Waals surface area contributed by atoms with Gasteiger partial charge in [-0.25, -0.2) is 0 Å². The van der Waals surface area contributed by atoms with Gasteiger partial charge in [-0.15, -0.1) is 0 Å². The Hall–Kier alpha value is -0.650. The van der Waals surface area contributed by atoms with E-state index < -0.39 is 0 Å². The fourth-order valence-electron chi connectivity index (χ4n) is 2.71. The predicted octanol–water partition coefficient (Wildman–Crippen LogP) is -0.489. The van der Waals surface area contributed by atoms with Crippen LogP contribution in [0.4, 0.5) is 0 Å². The molecule has 1 saturated carbocycles. The zero-order chi connectivity index (χ0) is 13.0. The van der Waals surface area contributed by atoms with E-state index in [0.29, 0.717) is 12.5 Å². The molecule has 0 radical (unpaired) electrons. The molecule has 0 unspecified atom stereocenters. The van der Waals surface area contributed by atoms with Crippen LogP contribution in [0.15, 0.2) is 0 Å². The summed E-state index contributed by atoms with van der Waals surface area (Å²) in [6.07, 6.45) is 2.69. The van der Waals surface area contributed by atoms with Crippen LogP contribution in [0, 0.1) is 5.92 Å². The summed E-state index contributed by atoms with van der Waals surface area (Å²) in [5.41, 5.74) is 0. The number of nitrogens with zero attached hydrogens (tertiary/aromatic N) is 2. The zero-order valence-corrected chi connectivity index (χ0v) is 11.3. The fourth-order valence-corrected chi connectivity index (χ4v) is 2.71. The topological polar surface area (TPSA) is 55.8 Å². The van der Waals surface area contributed by atoms with Crippen molar-refractivity contribution in [2.24, 2.45) is 5.92 Å². The molecule has 1 aliphatic carbocycles. The number of hydrogen-bond donors (Lipinski definition) is 2. The monoisotopic (exact) mass is 255 g/mol. The summed E-state index contributed by atoms with van der Waals surface area (Å²) in [5, 5.41) is 12.6. The van der Waals surface area contributed by atoms with Crippen molar-refractivity contribution < 1.29 is 9.90 Å². The first-order valence-electron chi connectivity index (χ1n) is 7.00. The molecule has 0 atom stereocenters. The summed E-state index contributed by atoms with van der Waals surface area (Å²) in [4.78, 5) is 16.1. The van der Waals surface area contributed by atoms with Crippen LogP contribution in [-0.4, -0.2) is 73.2 Å². The average Bonchev–Trinajstić information content (AvgIpc) is 2.55. The van der Waals surface area contributed by atoms with E-state index in [1.54, 1.807) is 0 Å². The Kier molecular flexibility index (Phi) is 4.97. The van der Waals surface area contributed by atoms with E-state index in [4.69, 9.17) is 0 Å². The van der Waals surface area contributed by atoms with Gasteiger partial charge in [-0.1, -0.05) is 0 Å². The second-order valence-electron chi connectivity index (χ2n) is 5.65. The Labute approximate surface area is 109 Å². The van der Waals surface area contributed by atoms with Crippen LogP contribution in [0.1, 0.15) is 19.3 Å².